The van der Waals surface area contributed by atoms with E-state index in [0.717, 1.165) is 36.5 Å². The first-order chi connectivity index (χ1) is 8.58. The fourth-order valence-corrected chi connectivity index (χ4v) is 3.32. The summed E-state index contributed by atoms with van der Waals surface area (Å²) in [7, 11) is 0. The van der Waals surface area contributed by atoms with Crippen molar-refractivity contribution in [2.24, 2.45) is 11.8 Å². The van der Waals surface area contributed by atoms with E-state index in [0.29, 0.717) is 0 Å². The minimum absolute atomic E-state index is 0.165. The van der Waals surface area contributed by atoms with Crippen molar-refractivity contribution >= 4 is 17.3 Å². The predicted molar refractivity (Wildman–Crippen MR) is 71.7 cm³/mol. The van der Waals surface area contributed by atoms with Gasteiger partial charge in [0.15, 0.2) is 0 Å². The van der Waals surface area contributed by atoms with E-state index in [1.165, 1.54) is 0 Å². The lowest BCUT2D eigenvalue weighted by Crippen LogP contribution is -2.30. The lowest BCUT2D eigenvalue weighted by atomic mass is 9.96. The molecule has 0 aromatic carbocycles. The van der Waals surface area contributed by atoms with Gasteiger partial charge in [-0.05, 0) is 39.2 Å². The van der Waals surface area contributed by atoms with Gasteiger partial charge >= 0.3 is 5.97 Å². The van der Waals surface area contributed by atoms with Crippen molar-refractivity contribution in [2.45, 2.75) is 39.2 Å². The molecule has 4 nitrogen and oxygen atoms in total. The van der Waals surface area contributed by atoms with Crippen LogP contribution < -0.4 is 5.32 Å². The third-order valence-corrected chi connectivity index (χ3v) is 4.53. The molecule has 0 saturated heterocycles. The first-order valence-electron chi connectivity index (χ1n) is 6.46. The highest BCUT2D eigenvalue weighted by molar-refractivity contribution is 7.09. The second-order valence-electron chi connectivity index (χ2n) is 5.06. The Kier molecular flexibility index (Phi) is 4.35. The van der Waals surface area contributed by atoms with Crippen molar-refractivity contribution in [2.75, 3.05) is 6.54 Å². The third-order valence-electron chi connectivity index (χ3n) is 3.74. The van der Waals surface area contributed by atoms with Crippen LogP contribution in [0.1, 0.15) is 42.9 Å². The van der Waals surface area contributed by atoms with Gasteiger partial charge in [0.25, 0.3) is 0 Å². The molecule has 1 heterocycles. The van der Waals surface area contributed by atoms with E-state index < -0.39 is 5.97 Å². The maximum atomic E-state index is 11.1. The molecule has 18 heavy (non-hydrogen) atoms. The van der Waals surface area contributed by atoms with Crippen LogP contribution in [-0.2, 0) is 4.79 Å². The molecule has 1 aromatic rings. The van der Waals surface area contributed by atoms with Crippen LogP contribution in [0.2, 0.25) is 0 Å². The molecule has 0 aliphatic heterocycles. The summed E-state index contributed by atoms with van der Waals surface area (Å²) in [6.45, 7) is 4.85. The Morgan fingerprint density at radius 3 is 3.06 bits per heavy atom. The van der Waals surface area contributed by atoms with Gasteiger partial charge in [0, 0.05) is 11.4 Å². The average Bonchev–Trinajstić information content (AvgIpc) is 2.94. The summed E-state index contributed by atoms with van der Waals surface area (Å²) < 4.78 is 0. The number of carbonyl (C=O) groups is 1. The van der Waals surface area contributed by atoms with Gasteiger partial charge in [-0.3, -0.25) is 4.79 Å². The Morgan fingerprint density at radius 1 is 1.67 bits per heavy atom. The molecule has 3 atom stereocenters. The molecule has 0 spiro atoms. The summed E-state index contributed by atoms with van der Waals surface area (Å²) in [6.07, 6.45) is 2.88. The molecule has 1 aromatic heterocycles. The zero-order chi connectivity index (χ0) is 13.1. The van der Waals surface area contributed by atoms with Gasteiger partial charge in [0.05, 0.1) is 16.6 Å². The molecule has 1 aliphatic carbocycles. The van der Waals surface area contributed by atoms with E-state index in [-0.39, 0.29) is 17.9 Å². The molecular weight excluding hydrogens is 248 g/mol. The zero-order valence-electron chi connectivity index (χ0n) is 10.8. The molecule has 5 heteroatoms. The number of aliphatic carboxylic acids is 1. The lowest BCUT2D eigenvalue weighted by molar-refractivity contribution is -0.142. The Bertz CT molecular complexity index is 419. The fourth-order valence-electron chi connectivity index (χ4n) is 2.62. The minimum atomic E-state index is -0.642. The number of aromatic nitrogens is 1. The monoisotopic (exact) mass is 268 g/mol. The Hall–Kier alpha value is -0.940. The Balaban J connectivity index is 1.86. The van der Waals surface area contributed by atoms with Gasteiger partial charge in [-0.2, -0.15) is 0 Å². The quantitative estimate of drug-likeness (QED) is 0.861. The number of nitrogens with zero attached hydrogens (tertiary/aromatic N) is 1. The molecule has 2 N–H and O–H groups in total. The summed E-state index contributed by atoms with van der Waals surface area (Å²) >= 11 is 1.65. The van der Waals surface area contributed by atoms with Gasteiger partial charge in [-0.25, -0.2) is 4.98 Å². The van der Waals surface area contributed by atoms with Crippen molar-refractivity contribution < 1.29 is 9.90 Å². The highest BCUT2D eigenvalue weighted by atomic mass is 32.1. The third kappa shape index (κ3) is 3.09. The normalized spacial score (nSPS) is 25.2. The molecule has 0 bridgehead atoms. The number of nitrogens with one attached hydrogen (secondary N) is 1. The number of rotatable bonds is 5. The van der Waals surface area contributed by atoms with Crippen LogP contribution in [0, 0.1) is 18.8 Å². The minimum Gasteiger partial charge on any atom is -0.481 e. The van der Waals surface area contributed by atoms with Gasteiger partial charge in [0.2, 0.25) is 0 Å². The van der Waals surface area contributed by atoms with E-state index in [9.17, 15) is 4.79 Å². The van der Waals surface area contributed by atoms with Gasteiger partial charge < -0.3 is 10.4 Å². The van der Waals surface area contributed by atoms with E-state index in [1.54, 1.807) is 11.3 Å². The predicted octanol–water partition coefficient (Wildman–Crippen LogP) is 2.60. The first-order valence-corrected chi connectivity index (χ1v) is 7.34. The maximum Gasteiger partial charge on any atom is 0.306 e. The van der Waals surface area contributed by atoms with Crippen molar-refractivity contribution in [1.29, 1.82) is 0 Å². The van der Waals surface area contributed by atoms with Crippen molar-refractivity contribution in [3.63, 3.8) is 0 Å². The van der Waals surface area contributed by atoms with E-state index in [4.69, 9.17) is 5.11 Å². The molecular formula is C13H20N2O2S. The summed E-state index contributed by atoms with van der Waals surface area (Å²) in [5.74, 6) is -0.539. The largest absolute Gasteiger partial charge is 0.481 e. The van der Waals surface area contributed by atoms with Crippen LogP contribution in [0.5, 0.6) is 0 Å². The second kappa shape index (κ2) is 5.80. The van der Waals surface area contributed by atoms with Gasteiger partial charge in [0.1, 0.15) is 0 Å². The highest BCUT2D eigenvalue weighted by Gasteiger charge is 2.32. The van der Waals surface area contributed by atoms with Gasteiger partial charge in [-0.1, -0.05) is 6.42 Å². The number of hydrogen-bond donors (Lipinski definition) is 2. The van der Waals surface area contributed by atoms with Crippen molar-refractivity contribution in [3.05, 3.63) is 16.1 Å². The summed E-state index contributed by atoms with van der Waals surface area (Å²) in [6, 6.07) is 0.199. The topological polar surface area (TPSA) is 62.2 Å². The van der Waals surface area contributed by atoms with Crippen LogP contribution >= 0.6 is 11.3 Å². The molecule has 1 saturated carbocycles. The van der Waals surface area contributed by atoms with E-state index in [2.05, 4.69) is 22.6 Å². The number of hydrogen-bond acceptors (Lipinski definition) is 4. The standard InChI is InChI=1S/C13H20N2O2S/c1-8(12-7-18-9(2)15-12)14-6-10-4-3-5-11(10)13(16)17/h7-8,10-11,14H,3-6H2,1-2H3,(H,16,17). The molecule has 0 radical (unpaired) electrons. The van der Waals surface area contributed by atoms with Crippen molar-refractivity contribution in [3.8, 4) is 0 Å². The van der Waals surface area contributed by atoms with Gasteiger partial charge in [-0.15, -0.1) is 11.3 Å². The lowest BCUT2D eigenvalue weighted by Gasteiger charge is -2.19. The Morgan fingerprint density at radius 2 is 2.44 bits per heavy atom. The molecule has 2 rings (SSSR count). The summed E-state index contributed by atoms with van der Waals surface area (Å²) in [5, 5.41) is 15.7. The van der Waals surface area contributed by atoms with E-state index >= 15 is 0 Å². The Labute approximate surface area is 111 Å². The van der Waals surface area contributed by atoms with Crippen LogP contribution in [-0.4, -0.2) is 22.6 Å². The number of aryl methyl sites for hydroxylation is 1. The van der Waals surface area contributed by atoms with Crippen LogP contribution in [0.3, 0.4) is 0 Å². The molecule has 1 fully saturated rings. The van der Waals surface area contributed by atoms with Crippen LogP contribution in [0.25, 0.3) is 0 Å². The highest BCUT2D eigenvalue weighted by Crippen LogP contribution is 2.31. The van der Waals surface area contributed by atoms with Crippen LogP contribution in [0.4, 0.5) is 0 Å². The zero-order valence-corrected chi connectivity index (χ0v) is 11.7. The smallest absolute Gasteiger partial charge is 0.306 e. The molecule has 0 amide bonds. The number of carboxylic acid groups (broad SMARTS) is 1. The number of carboxylic acids is 1. The SMILES string of the molecule is Cc1nc(C(C)NCC2CCCC2C(=O)O)cs1. The summed E-state index contributed by atoms with van der Waals surface area (Å²) in [4.78, 5) is 15.5. The average molecular weight is 268 g/mol. The van der Waals surface area contributed by atoms with Crippen LogP contribution in [0.15, 0.2) is 5.38 Å². The fraction of sp³-hybridized carbons (Fsp3) is 0.692. The summed E-state index contributed by atoms with van der Waals surface area (Å²) in [5.41, 5.74) is 1.06. The molecule has 100 valence electrons. The number of thiazole rings is 1. The van der Waals surface area contributed by atoms with E-state index in [1.807, 2.05) is 6.92 Å². The first kappa shape index (κ1) is 13.5. The van der Waals surface area contributed by atoms with Crippen molar-refractivity contribution in [1.82, 2.24) is 10.3 Å². The molecule has 3 unspecified atom stereocenters. The second-order valence-corrected chi connectivity index (χ2v) is 6.12. The maximum absolute atomic E-state index is 11.1. The molecule has 1 aliphatic rings.